The van der Waals surface area contributed by atoms with E-state index in [1.54, 1.807) is 0 Å². The Morgan fingerprint density at radius 2 is 1.69 bits per heavy atom. The molecule has 0 unspecified atom stereocenters. The lowest BCUT2D eigenvalue weighted by Crippen LogP contribution is -2.50. The molecule has 0 radical (unpaired) electrons. The zero-order valence-corrected chi connectivity index (χ0v) is 16.9. The van der Waals surface area contributed by atoms with E-state index in [4.69, 9.17) is 21.7 Å². The van der Waals surface area contributed by atoms with Crippen molar-refractivity contribution in [2.75, 3.05) is 31.6 Å². The van der Waals surface area contributed by atoms with Gasteiger partial charge >= 0.3 is 0 Å². The van der Waals surface area contributed by atoms with Crippen LogP contribution < -0.4 is 14.8 Å². The van der Waals surface area contributed by atoms with Crippen LogP contribution in [0.25, 0.3) is 0 Å². The highest BCUT2D eigenvalue weighted by Crippen LogP contribution is 2.50. The number of benzene rings is 2. The molecule has 7 heteroatoms. The van der Waals surface area contributed by atoms with Crippen LogP contribution in [0.5, 0.6) is 11.5 Å². The number of anilines is 1. The van der Waals surface area contributed by atoms with Gasteiger partial charge < -0.3 is 14.8 Å². The molecular weight excluding hydrogens is 386 g/mol. The molecule has 1 N–H and O–H groups in total. The summed E-state index contributed by atoms with van der Waals surface area (Å²) in [6, 6.07) is 15.8. The Labute approximate surface area is 175 Å². The Balaban J connectivity index is 1.32. The number of carbonyl (C=O) groups is 1. The van der Waals surface area contributed by atoms with Crippen LogP contribution in [0, 0.1) is 0 Å². The van der Waals surface area contributed by atoms with Gasteiger partial charge in [-0.25, -0.2) is 0 Å². The minimum absolute atomic E-state index is 0.146. The summed E-state index contributed by atoms with van der Waals surface area (Å²) in [5.74, 6) is 1.59. The van der Waals surface area contributed by atoms with E-state index in [1.807, 2.05) is 46.4 Å². The van der Waals surface area contributed by atoms with E-state index in [0.29, 0.717) is 30.6 Å². The van der Waals surface area contributed by atoms with Crippen LogP contribution in [0.15, 0.2) is 48.5 Å². The summed E-state index contributed by atoms with van der Waals surface area (Å²) in [5, 5.41) is 7.51. The van der Waals surface area contributed by atoms with Crippen molar-refractivity contribution in [3.8, 4) is 11.5 Å². The normalized spacial score (nSPS) is 19.0. The van der Waals surface area contributed by atoms with Gasteiger partial charge in [-0.05, 0) is 49.2 Å². The van der Waals surface area contributed by atoms with Gasteiger partial charge in [0.25, 0.3) is 5.91 Å². The van der Waals surface area contributed by atoms with E-state index in [9.17, 15) is 4.79 Å². The van der Waals surface area contributed by atoms with Crippen LogP contribution in [-0.2, 0) is 10.2 Å². The number of nitrogens with one attached hydrogen (secondary N) is 1. The first-order chi connectivity index (χ1) is 14.2. The maximum Gasteiger partial charge on any atom is 0.251 e. The van der Waals surface area contributed by atoms with Crippen LogP contribution in [0.1, 0.15) is 24.8 Å². The van der Waals surface area contributed by atoms with Crippen molar-refractivity contribution in [3.05, 3.63) is 54.1 Å². The molecule has 1 aliphatic carbocycles. The fourth-order valence-electron chi connectivity index (χ4n) is 4.10. The van der Waals surface area contributed by atoms with Gasteiger partial charge in [-0.15, -0.1) is 0 Å². The molecule has 1 saturated heterocycles. The van der Waals surface area contributed by atoms with E-state index in [-0.39, 0.29) is 5.91 Å². The molecular formula is C22H23N3O3S. The zero-order chi connectivity index (χ0) is 19.8. The van der Waals surface area contributed by atoms with Crippen LogP contribution in [0.2, 0.25) is 0 Å². The lowest BCUT2D eigenvalue weighted by molar-refractivity contribution is -0.141. The third kappa shape index (κ3) is 3.29. The molecule has 5 rings (SSSR count). The number of hydrazine groups is 1. The molecule has 2 aromatic rings. The van der Waals surface area contributed by atoms with Gasteiger partial charge in [-0.1, -0.05) is 30.3 Å². The monoisotopic (exact) mass is 409 g/mol. The molecule has 1 saturated carbocycles. The summed E-state index contributed by atoms with van der Waals surface area (Å²) >= 11 is 5.66. The van der Waals surface area contributed by atoms with Gasteiger partial charge in [0.05, 0.1) is 5.41 Å². The third-order valence-corrected chi connectivity index (χ3v) is 6.09. The highest BCUT2D eigenvalue weighted by Gasteiger charge is 2.54. The fraction of sp³-hybridized carbons (Fsp3) is 0.364. The van der Waals surface area contributed by atoms with Crippen LogP contribution in [-0.4, -0.2) is 47.3 Å². The Morgan fingerprint density at radius 1 is 0.966 bits per heavy atom. The minimum Gasteiger partial charge on any atom is -0.486 e. The number of nitrogens with zero attached hydrogens (tertiary/aromatic N) is 2. The molecule has 0 bridgehead atoms. The molecule has 0 spiro atoms. The molecule has 2 aromatic carbocycles. The van der Waals surface area contributed by atoms with Gasteiger partial charge in [0, 0.05) is 24.8 Å². The maximum absolute atomic E-state index is 13.4. The predicted octanol–water partition coefficient (Wildman–Crippen LogP) is 3.34. The first-order valence-corrected chi connectivity index (χ1v) is 10.4. The molecule has 29 heavy (non-hydrogen) atoms. The highest BCUT2D eigenvalue weighted by atomic mass is 32.1. The van der Waals surface area contributed by atoms with Crippen molar-refractivity contribution in [1.29, 1.82) is 0 Å². The number of ether oxygens (including phenoxy) is 2. The molecule has 2 fully saturated rings. The third-order valence-electron chi connectivity index (χ3n) is 5.78. The topological polar surface area (TPSA) is 54.0 Å². The van der Waals surface area contributed by atoms with Gasteiger partial charge in [0.2, 0.25) is 0 Å². The molecule has 1 amide bonds. The summed E-state index contributed by atoms with van der Waals surface area (Å²) in [7, 11) is 0. The van der Waals surface area contributed by atoms with E-state index in [1.165, 1.54) is 0 Å². The Kier molecular flexibility index (Phi) is 4.54. The minimum atomic E-state index is -0.392. The van der Waals surface area contributed by atoms with Crippen molar-refractivity contribution in [1.82, 2.24) is 10.0 Å². The SMILES string of the molecule is O=C(N1CCCN1C(=S)Nc1ccc2c(c1)OCCO2)C1(c2ccccc2)CC1. The second-order valence-corrected chi connectivity index (χ2v) is 8.03. The van der Waals surface area contributed by atoms with Crippen molar-refractivity contribution in [2.45, 2.75) is 24.7 Å². The second kappa shape index (κ2) is 7.22. The first kappa shape index (κ1) is 18.2. The molecule has 150 valence electrons. The van der Waals surface area contributed by atoms with Crippen LogP contribution >= 0.6 is 12.2 Å². The van der Waals surface area contributed by atoms with Crippen LogP contribution in [0.4, 0.5) is 5.69 Å². The number of thiocarbonyl (C=S) groups is 1. The number of amides is 1. The van der Waals surface area contributed by atoms with Crippen molar-refractivity contribution in [3.63, 3.8) is 0 Å². The Hall–Kier alpha value is -2.80. The standard InChI is InChI=1S/C22H23N3O3S/c26-20(22(9-10-22)16-5-2-1-3-6-16)24-11-4-12-25(24)21(29)23-17-7-8-18-19(15-17)28-14-13-27-18/h1-3,5-8,15H,4,9-14H2,(H,23,29). The number of hydrogen-bond donors (Lipinski definition) is 1. The molecule has 3 aliphatic rings. The fourth-order valence-corrected chi connectivity index (χ4v) is 4.41. The van der Waals surface area contributed by atoms with Crippen molar-refractivity contribution >= 4 is 28.9 Å². The predicted molar refractivity (Wildman–Crippen MR) is 114 cm³/mol. The lowest BCUT2D eigenvalue weighted by Gasteiger charge is -2.33. The smallest absolute Gasteiger partial charge is 0.251 e. The summed E-state index contributed by atoms with van der Waals surface area (Å²) in [5.41, 5.74) is 1.53. The number of hydrogen-bond acceptors (Lipinski definition) is 4. The van der Waals surface area contributed by atoms with Crippen LogP contribution in [0.3, 0.4) is 0 Å². The van der Waals surface area contributed by atoms with Gasteiger partial charge in [0.1, 0.15) is 13.2 Å². The quantitative estimate of drug-likeness (QED) is 0.785. The molecule has 2 aliphatic heterocycles. The lowest BCUT2D eigenvalue weighted by atomic mass is 9.95. The van der Waals surface area contributed by atoms with Crippen molar-refractivity contribution < 1.29 is 14.3 Å². The first-order valence-electron chi connectivity index (χ1n) is 10.0. The van der Waals surface area contributed by atoms with Gasteiger partial charge in [-0.2, -0.15) is 0 Å². The average Bonchev–Trinajstić information content (AvgIpc) is 3.43. The largest absolute Gasteiger partial charge is 0.486 e. The summed E-state index contributed by atoms with van der Waals surface area (Å²) in [4.78, 5) is 13.4. The van der Waals surface area contributed by atoms with E-state index in [2.05, 4.69) is 17.4 Å². The molecule has 0 aromatic heterocycles. The Bertz CT molecular complexity index is 946. The highest BCUT2D eigenvalue weighted by molar-refractivity contribution is 7.80. The zero-order valence-electron chi connectivity index (χ0n) is 16.1. The van der Waals surface area contributed by atoms with E-state index in [0.717, 1.165) is 42.8 Å². The molecule has 2 heterocycles. The van der Waals surface area contributed by atoms with E-state index >= 15 is 0 Å². The summed E-state index contributed by atoms with van der Waals surface area (Å²) in [6.45, 7) is 2.52. The second-order valence-electron chi connectivity index (χ2n) is 7.64. The maximum atomic E-state index is 13.4. The van der Waals surface area contributed by atoms with Gasteiger partial charge in [0.15, 0.2) is 16.6 Å². The van der Waals surface area contributed by atoms with Gasteiger partial charge in [-0.3, -0.25) is 14.8 Å². The molecule has 6 nitrogen and oxygen atoms in total. The number of fused-ring (bicyclic) bond motifs is 1. The number of carbonyl (C=O) groups excluding carboxylic acids is 1. The average molecular weight is 410 g/mol. The summed E-state index contributed by atoms with van der Waals surface area (Å²) in [6.07, 6.45) is 2.69. The summed E-state index contributed by atoms with van der Waals surface area (Å²) < 4.78 is 11.2. The number of rotatable bonds is 3. The molecule has 0 atom stereocenters. The van der Waals surface area contributed by atoms with E-state index < -0.39 is 5.41 Å². The van der Waals surface area contributed by atoms with Crippen molar-refractivity contribution in [2.24, 2.45) is 0 Å². The Morgan fingerprint density at radius 3 is 2.45 bits per heavy atom.